The van der Waals surface area contributed by atoms with E-state index in [9.17, 15) is 4.79 Å². The van der Waals surface area contributed by atoms with Gasteiger partial charge in [0.25, 0.3) is 0 Å². The van der Waals surface area contributed by atoms with Gasteiger partial charge in [-0.1, -0.05) is 23.4 Å². The lowest BCUT2D eigenvalue weighted by Crippen LogP contribution is -2.50. The van der Waals surface area contributed by atoms with Gasteiger partial charge in [0.05, 0.1) is 12.4 Å². The second-order valence-electron chi connectivity index (χ2n) is 4.44. The average Bonchev–Trinajstić information content (AvgIpc) is 3.02. The number of carbonyl (C=O) groups is 1. The van der Waals surface area contributed by atoms with Crippen molar-refractivity contribution in [3.63, 3.8) is 0 Å². The first-order valence-corrected chi connectivity index (χ1v) is 6.30. The van der Waals surface area contributed by atoms with Gasteiger partial charge in [-0.2, -0.15) is 4.68 Å². The summed E-state index contributed by atoms with van der Waals surface area (Å²) in [5.41, 5.74) is 1.20. The van der Waals surface area contributed by atoms with Crippen molar-refractivity contribution in [1.82, 2.24) is 19.9 Å². The number of carbonyl (C=O) groups excluding carboxylic acids is 1. The van der Waals surface area contributed by atoms with Crippen LogP contribution in [0.25, 0.3) is 0 Å². The van der Waals surface area contributed by atoms with Crippen molar-refractivity contribution < 1.29 is 4.79 Å². The molecule has 0 N–H and O–H groups in total. The number of hydrogen-bond acceptors (Lipinski definition) is 4. The minimum absolute atomic E-state index is 0.106. The van der Waals surface area contributed by atoms with Crippen LogP contribution >= 0.6 is 0 Å². The fraction of sp³-hybridized carbons (Fsp3) is 0.308. The summed E-state index contributed by atoms with van der Waals surface area (Å²) in [6.07, 6.45) is 3.09. The zero-order valence-corrected chi connectivity index (χ0v) is 10.5. The highest BCUT2D eigenvalue weighted by atomic mass is 16.2. The number of anilines is 1. The second kappa shape index (κ2) is 5.09. The first-order valence-electron chi connectivity index (χ1n) is 6.30. The van der Waals surface area contributed by atoms with Gasteiger partial charge in [-0.3, -0.25) is 0 Å². The summed E-state index contributed by atoms with van der Waals surface area (Å²) < 4.78 is 1.28. The molecular formula is C13H15N5O. The largest absolute Gasteiger partial charge is 0.368 e. The summed E-state index contributed by atoms with van der Waals surface area (Å²) in [6, 6.07) is 10.1. The number of hydrogen-bond donors (Lipinski definition) is 0. The standard InChI is InChI=1S/C13H15N5O/c19-13(18-7-6-14-15-18)17-10-8-16(9-11-17)12-4-2-1-3-5-12/h1-7H,8-11H2. The smallest absolute Gasteiger partial charge is 0.346 e. The number of rotatable bonds is 1. The molecule has 0 saturated carbocycles. The Hall–Kier alpha value is -2.37. The minimum Gasteiger partial charge on any atom is -0.368 e. The fourth-order valence-corrected chi connectivity index (χ4v) is 2.25. The minimum atomic E-state index is -0.106. The van der Waals surface area contributed by atoms with E-state index in [0.29, 0.717) is 13.1 Å². The Morgan fingerprint density at radius 2 is 1.79 bits per heavy atom. The Kier molecular flexibility index (Phi) is 3.14. The first-order chi connectivity index (χ1) is 9.34. The van der Waals surface area contributed by atoms with Crippen molar-refractivity contribution in [3.8, 4) is 0 Å². The Labute approximate surface area is 111 Å². The third-order valence-corrected chi connectivity index (χ3v) is 3.29. The Morgan fingerprint density at radius 1 is 1.05 bits per heavy atom. The maximum Gasteiger partial charge on any atom is 0.346 e. The Balaban J connectivity index is 1.62. The monoisotopic (exact) mass is 257 g/mol. The van der Waals surface area contributed by atoms with Crippen molar-refractivity contribution >= 4 is 11.7 Å². The number of benzene rings is 1. The van der Waals surface area contributed by atoms with E-state index >= 15 is 0 Å². The first kappa shape index (κ1) is 11.7. The number of nitrogens with zero attached hydrogens (tertiary/aromatic N) is 5. The summed E-state index contributed by atoms with van der Waals surface area (Å²) in [5.74, 6) is 0. The van der Waals surface area contributed by atoms with Crippen LogP contribution in [0.3, 0.4) is 0 Å². The normalized spacial score (nSPS) is 15.6. The molecule has 1 aliphatic rings. The van der Waals surface area contributed by atoms with Crippen molar-refractivity contribution in [2.45, 2.75) is 0 Å². The van der Waals surface area contributed by atoms with Crippen LogP contribution in [0.2, 0.25) is 0 Å². The van der Waals surface area contributed by atoms with Crippen molar-refractivity contribution in [3.05, 3.63) is 42.7 Å². The molecule has 6 nitrogen and oxygen atoms in total. The zero-order valence-electron chi connectivity index (χ0n) is 10.5. The molecule has 1 fully saturated rings. The van der Waals surface area contributed by atoms with Crippen molar-refractivity contribution in [2.24, 2.45) is 0 Å². The Morgan fingerprint density at radius 3 is 2.42 bits per heavy atom. The van der Waals surface area contributed by atoms with E-state index in [0.717, 1.165) is 13.1 Å². The van der Waals surface area contributed by atoms with E-state index in [4.69, 9.17) is 0 Å². The van der Waals surface area contributed by atoms with Gasteiger partial charge in [-0.15, -0.1) is 5.10 Å². The van der Waals surface area contributed by atoms with Crippen LogP contribution in [-0.2, 0) is 0 Å². The summed E-state index contributed by atoms with van der Waals surface area (Å²) in [4.78, 5) is 16.2. The highest BCUT2D eigenvalue weighted by Crippen LogP contribution is 2.15. The molecule has 1 aliphatic heterocycles. The summed E-state index contributed by atoms with van der Waals surface area (Å²) in [6.45, 7) is 3.08. The third kappa shape index (κ3) is 2.42. The molecule has 98 valence electrons. The van der Waals surface area contributed by atoms with Crippen LogP contribution in [0.1, 0.15) is 0 Å². The molecular weight excluding hydrogens is 242 g/mol. The van der Waals surface area contributed by atoms with Crippen LogP contribution in [0.4, 0.5) is 10.5 Å². The van der Waals surface area contributed by atoms with Gasteiger partial charge < -0.3 is 9.80 Å². The van der Waals surface area contributed by atoms with E-state index in [1.807, 2.05) is 18.2 Å². The molecule has 1 amide bonds. The third-order valence-electron chi connectivity index (χ3n) is 3.29. The van der Waals surface area contributed by atoms with Crippen LogP contribution < -0.4 is 4.90 Å². The zero-order chi connectivity index (χ0) is 13.1. The molecule has 1 aromatic heterocycles. The van der Waals surface area contributed by atoms with E-state index < -0.39 is 0 Å². The lowest BCUT2D eigenvalue weighted by Gasteiger charge is -2.35. The van der Waals surface area contributed by atoms with Crippen LogP contribution in [0, 0.1) is 0 Å². The van der Waals surface area contributed by atoms with Crippen molar-refractivity contribution in [2.75, 3.05) is 31.1 Å². The van der Waals surface area contributed by atoms with Gasteiger partial charge in [-0.25, -0.2) is 4.79 Å². The fourth-order valence-electron chi connectivity index (χ4n) is 2.25. The second-order valence-corrected chi connectivity index (χ2v) is 4.44. The molecule has 0 spiro atoms. The van der Waals surface area contributed by atoms with Crippen LogP contribution in [0.15, 0.2) is 42.7 Å². The maximum absolute atomic E-state index is 12.1. The van der Waals surface area contributed by atoms with E-state index in [2.05, 4.69) is 27.3 Å². The van der Waals surface area contributed by atoms with Gasteiger partial charge in [0.2, 0.25) is 0 Å². The molecule has 1 saturated heterocycles. The number of piperazine rings is 1. The van der Waals surface area contributed by atoms with Gasteiger partial charge in [0.1, 0.15) is 0 Å². The molecule has 1 aromatic carbocycles. The lowest BCUT2D eigenvalue weighted by molar-refractivity contribution is 0.192. The summed E-state index contributed by atoms with van der Waals surface area (Å²) in [7, 11) is 0. The molecule has 0 aliphatic carbocycles. The molecule has 0 bridgehead atoms. The predicted octanol–water partition coefficient (Wildman–Crippen LogP) is 1.07. The molecule has 2 aromatic rings. The molecule has 0 radical (unpaired) electrons. The van der Waals surface area contributed by atoms with Gasteiger partial charge >= 0.3 is 6.03 Å². The highest BCUT2D eigenvalue weighted by molar-refractivity contribution is 5.76. The number of amides is 1. The SMILES string of the molecule is O=C(N1CCN(c2ccccc2)CC1)n1ccnn1. The molecule has 3 rings (SSSR count). The predicted molar refractivity (Wildman–Crippen MR) is 71.0 cm³/mol. The van der Waals surface area contributed by atoms with Crippen molar-refractivity contribution in [1.29, 1.82) is 0 Å². The molecule has 0 unspecified atom stereocenters. The van der Waals surface area contributed by atoms with E-state index in [-0.39, 0.29) is 6.03 Å². The summed E-state index contributed by atoms with van der Waals surface area (Å²) in [5, 5.41) is 7.39. The van der Waals surface area contributed by atoms with Gasteiger partial charge in [0, 0.05) is 31.9 Å². The quantitative estimate of drug-likeness (QED) is 0.766. The highest BCUT2D eigenvalue weighted by Gasteiger charge is 2.22. The average molecular weight is 257 g/mol. The lowest BCUT2D eigenvalue weighted by atomic mass is 10.2. The topological polar surface area (TPSA) is 54.3 Å². The van der Waals surface area contributed by atoms with Gasteiger partial charge in [0.15, 0.2) is 0 Å². The van der Waals surface area contributed by atoms with E-state index in [1.54, 1.807) is 11.1 Å². The van der Waals surface area contributed by atoms with Gasteiger partial charge in [-0.05, 0) is 12.1 Å². The molecule has 0 atom stereocenters. The molecule has 19 heavy (non-hydrogen) atoms. The summed E-state index contributed by atoms with van der Waals surface area (Å²) >= 11 is 0. The number of aromatic nitrogens is 3. The molecule has 2 heterocycles. The number of para-hydroxylation sites is 1. The maximum atomic E-state index is 12.1. The molecule has 6 heteroatoms. The van der Waals surface area contributed by atoms with E-state index in [1.165, 1.54) is 16.6 Å². The van der Waals surface area contributed by atoms with Crippen LogP contribution in [-0.4, -0.2) is 52.1 Å². The van der Waals surface area contributed by atoms with Crippen LogP contribution in [0.5, 0.6) is 0 Å². The Bertz CT molecular complexity index is 531.